The lowest BCUT2D eigenvalue weighted by Gasteiger charge is -2.18. The highest BCUT2D eigenvalue weighted by Crippen LogP contribution is 2.30. The summed E-state index contributed by atoms with van der Waals surface area (Å²) in [5.41, 5.74) is 5.19. The van der Waals surface area contributed by atoms with Crippen LogP contribution in [0.25, 0.3) is 0 Å². The molecule has 0 unspecified atom stereocenters. The second-order valence-corrected chi connectivity index (χ2v) is 4.67. The van der Waals surface area contributed by atoms with E-state index in [2.05, 4.69) is 0 Å². The molecule has 1 aliphatic heterocycles. The topological polar surface area (TPSA) is 46.3 Å². The van der Waals surface area contributed by atoms with Crippen molar-refractivity contribution >= 4 is 23.1 Å². The Morgan fingerprint density at radius 3 is 2.69 bits per heavy atom. The smallest absolute Gasteiger partial charge is 0.228 e. The molecule has 1 rings (SSSR count). The van der Waals surface area contributed by atoms with Gasteiger partial charge in [0.2, 0.25) is 5.91 Å². The largest absolute Gasteiger partial charge is 0.393 e. The number of thiocarbonyl (C=S) groups is 1. The highest BCUT2D eigenvalue weighted by atomic mass is 32.1. The lowest BCUT2D eigenvalue weighted by molar-refractivity contribution is -0.134. The molecule has 74 valence electrons. The number of nitrogens with two attached hydrogens (primary N) is 1. The first-order valence-corrected chi connectivity index (χ1v) is 4.92. The van der Waals surface area contributed by atoms with Gasteiger partial charge in [-0.2, -0.15) is 0 Å². The van der Waals surface area contributed by atoms with Crippen molar-refractivity contribution < 1.29 is 4.79 Å². The summed E-state index contributed by atoms with van der Waals surface area (Å²) in [5.74, 6) is 0.226. The van der Waals surface area contributed by atoms with Crippen LogP contribution >= 0.6 is 12.2 Å². The van der Waals surface area contributed by atoms with Gasteiger partial charge in [-0.3, -0.25) is 4.79 Å². The van der Waals surface area contributed by atoms with Gasteiger partial charge in [-0.05, 0) is 6.42 Å². The highest BCUT2D eigenvalue weighted by Gasteiger charge is 2.37. The normalized spacial score (nSPS) is 20.8. The summed E-state index contributed by atoms with van der Waals surface area (Å²) < 4.78 is 0. The zero-order valence-electron chi connectivity index (χ0n) is 8.17. The number of nitrogens with zero attached hydrogens (tertiary/aromatic N) is 1. The van der Waals surface area contributed by atoms with Crippen molar-refractivity contribution in [3.8, 4) is 0 Å². The third-order valence-corrected chi connectivity index (χ3v) is 2.71. The standard InChI is InChI=1S/C9H16N2OS/c1-9(2)4-6-11(8(9)12)5-3-7(10)13/h3-6H2,1-2H3,(H2,10,13). The fraction of sp³-hybridized carbons (Fsp3) is 0.778. The molecule has 1 fully saturated rings. The second kappa shape index (κ2) is 3.62. The number of hydrogen-bond acceptors (Lipinski definition) is 2. The molecule has 4 heteroatoms. The molecule has 1 heterocycles. The van der Waals surface area contributed by atoms with Gasteiger partial charge in [-0.25, -0.2) is 0 Å². The molecule has 0 atom stereocenters. The van der Waals surface area contributed by atoms with Gasteiger partial charge in [0.1, 0.15) is 0 Å². The van der Waals surface area contributed by atoms with Crippen LogP contribution in [-0.4, -0.2) is 28.9 Å². The molecule has 0 saturated carbocycles. The Labute approximate surface area is 84.3 Å². The van der Waals surface area contributed by atoms with Crippen molar-refractivity contribution in [2.24, 2.45) is 11.1 Å². The number of rotatable bonds is 3. The molecule has 0 bridgehead atoms. The van der Waals surface area contributed by atoms with Crippen LogP contribution in [0.2, 0.25) is 0 Å². The third kappa shape index (κ3) is 2.40. The number of carbonyl (C=O) groups is 1. The zero-order chi connectivity index (χ0) is 10.1. The van der Waals surface area contributed by atoms with E-state index in [0.717, 1.165) is 13.0 Å². The molecular formula is C9H16N2OS. The van der Waals surface area contributed by atoms with Crippen LogP contribution in [0.4, 0.5) is 0 Å². The predicted octanol–water partition coefficient (Wildman–Crippen LogP) is 0.921. The molecule has 0 aromatic carbocycles. The Hall–Kier alpha value is -0.640. The van der Waals surface area contributed by atoms with E-state index in [9.17, 15) is 4.79 Å². The third-order valence-electron chi connectivity index (χ3n) is 2.50. The molecule has 1 aliphatic rings. The summed E-state index contributed by atoms with van der Waals surface area (Å²) >= 11 is 4.77. The second-order valence-electron chi connectivity index (χ2n) is 4.14. The molecule has 0 aromatic heterocycles. The maximum Gasteiger partial charge on any atom is 0.228 e. The number of hydrogen-bond donors (Lipinski definition) is 1. The van der Waals surface area contributed by atoms with Crippen molar-refractivity contribution in [1.29, 1.82) is 0 Å². The summed E-state index contributed by atoms with van der Waals surface area (Å²) in [4.78, 5) is 14.0. The first-order valence-electron chi connectivity index (χ1n) is 4.51. The summed E-state index contributed by atoms with van der Waals surface area (Å²) in [5, 5.41) is 0. The van der Waals surface area contributed by atoms with Gasteiger partial charge in [0, 0.05) is 24.9 Å². The SMILES string of the molecule is CC1(C)CCN(CCC(N)=S)C1=O. The van der Waals surface area contributed by atoms with Crippen LogP contribution in [0.1, 0.15) is 26.7 Å². The molecule has 3 nitrogen and oxygen atoms in total. The molecule has 0 aromatic rings. The first-order chi connectivity index (χ1) is 5.93. The maximum atomic E-state index is 11.7. The molecular weight excluding hydrogens is 184 g/mol. The lowest BCUT2D eigenvalue weighted by atomic mass is 9.92. The van der Waals surface area contributed by atoms with E-state index in [0.29, 0.717) is 18.0 Å². The van der Waals surface area contributed by atoms with Crippen LogP contribution in [0, 0.1) is 5.41 Å². The molecule has 2 N–H and O–H groups in total. The monoisotopic (exact) mass is 200 g/mol. The molecule has 1 saturated heterocycles. The molecule has 1 amide bonds. The minimum absolute atomic E-state index is 0.184. The minimum Gasteiger partial charge on any atom is -0.393 e. The number of carbonyl (C=O) groups excluding carboxylic acids is 1. The Morgan fingerprint density at radius 2 is 2.31 bits per heavy atom. The van der Waals surface area contributed by atoms with Crippen molar-refractivity contribution in [1.82, 2.24) is 4.90 Å². The Morgan fingerprint density at radius 1 is 1.69 bits per heavy atom. The Balaban J connectivity index is 2.47. The zero-order valence-corrected chi connectivity index (χ0v) is 8.99. The van der Waals surface area contributed by atoms with Gasteiger partial charge in [-0.15, -0.1) is 0 Å². The fourth-order valence-electron chi connectivity index (χ4n) is 1.51. The molecule has 0 radical (unpaired) electrons. The van der Waals surface area contributed by atoms with E-state index < -0.39 is 0 Å². The summed E-state index contributed by atoms with van der Waals surface area (Å²) in [6.45, 7) is 5.48. The average molecular weight is 200 g/mol. The molecule has 13 heavy (non-hydrogen) atoms. The Bertz CT molecular complexity index is 238. The van der Waals surface area contributed by atoms with Gasteiger partial charge in [-0.1, -0.05) is 26.1 Å². The van der Waals surface area contributed by atoms with E-state index in [-0.39, 0.29) is 11.3 Å². The first kappa shape index (κ1) is 10.4. The van der Waals surface area contributed by atoms with Crippen LogP contribution in [-0.2, 0) is 4.79 Å². The van der Waals surface area contributed by atoms with E-state index >= 15 is 0 Å². The molecule has 0 spiro atoms. The average Bonchev–Trinajstić information content (AvgIpc) is 2.25. The lowest BCUT2D eigenvalue weighted by Crippen LogP contribution is -2.33. The summed E-state index contributed by atoms with van der Waals surface area (Å²) in [6.07, 6.45) is 1.57. The van der Waals surface area contributed by atoms with Crippen molar-refractivity contribution in [3.05, 3.63) is 0 Å². The van der Waals surface area contributed by atoms with Crippen molar-refractivity contribution in [3.63, 3.8) is 0 Å². The summed E-state index contributed by atoms with van der Waals surface area (Å²) in [7, 11) is 0. The van der Waals surface area contributed by atoms with Gasteiger partial charge in [0.25, 0.3) is 0 Å². The quantitative estimate of drug-likeness (QED) is 0.689. The van der Waals surface area contributed by atoms with Crippen molar-refractivity contribution in [2.75, 3.05) is 13.1 Å². The van der Waals surface area contributed by atoms with E-state index in [1.54, 1.807) is 0 Å². The summed E-state index contributed by atoms with van der Waals surface area (Å²) in [6, 6.07) is 0. The van der Waals surface area contributed by atoms with Gasteiger partial charge < -0.3 is 10.6 Å². The van der Waals surface area contributed by atoms with E-state index in [4.69, 9.17) is 18.0 Å². The highest BCUT2D eigenvalue weighted by molar-refractivity contribution is 7.80. The Kier molecular flexibility index (Phi) is 2.91. The van der Waals surface area contributed by atoms with Crippen LogP contribution < -0.4 is 5.73 Å². The van der Waals surface area contributed by atoms with Crippen molar-refractivity contribution in [2.45, 2.75) is 26.7 Å². The van der Waals surface area contributed by atoms with Crippen LogP contribution in [0.3, 0.4) is 0 Å². The number of amides is 1. The number of likely N-dealkylation sites (tertiary alicyclic amines) is 1. The van der Waals surface area contributed by atoms with Gasteiger partial charge in [0.15, 0.2) is 0 Å². The van der Waals surface area contributed by atoms with Gasteiger partial charge in [0.05, 0.1) is 4.99 Å². The van der Waals surface area contributed by atoms with E-state index in [1.165, 1.54) is 0 Å². The van der Waals surface area contributed by atoms with Crippen LogP contribution in [0.5, 0.6) is 0 Å². The minimum atomic E-state index is -0.184. The van der Waals surface area contributed by atoms with Gasteiger partial charge >= 0.3 is 0 Å². The molecule has 0 aliphatic carbocycles. The maximum absolute atomic E-state index is 11.7. The van der Waals surface area contributed by atoms with E-state index in [1.807, 2.05) is 18.7 Å². The fourth-order valence-corrected chi connectivity index (χ4v) is 1.60. The van der Waals surface area contributed by atoms with Crippen LogP contribution in [0.15, 0.2) is 0 Å². The predicted molar refractivity (Wildman–Crippen MR) is 56.4 cm³/mol.